The standard InChI is InChI=1S/C18H17N5O5S/c24-18(16-12-20-22-17(16)13-5-2-1-3-6-13)19-9-10-21-29(27,28)15-8-4-7-14(11-15)23(25)26/h1-8,11-12,21H,9-10H2,(H,19,24)(H,20,22). The van der Waals surface area contributed by atoms with E-state index in [0.717, 1.165) is 11.6 Å². The number of rotatable bonds is 8. The summed E-state index contributed by atoms with van der Waals surface area (Å²) in [5, 5.41) is 20.1. The first-order chi connectivity index (χ1) is 13.9. The molecule has 29 heavy (non-hydrogen) atoms. The van der Waals surface area contributed by atoms with E-state index in [1.165, 1.54) is 24.4 Å². The molecule has 1 aromatic heterocycles. The molecule has 0 aliphatic heterocycles. The van der Waals surface area contributed by atoms with Crippen LogP contribution in [0.5, 0.6) is 0 Å². The largest absolute Gasteiger partial charge is 0.351 e. The fourth-order valence-corrected chi connectivity index (χ4v) is 3.66. The van der Waals surface area contributed by atoms with Crippen molar-refractivity contribution in [2.24, 2.45) is 0 Å². The Bertz CT molecular complexity index is 1130. The molecule has 3 N–H and O–H groups in total. The number of nitrogens with zero attached hydrogens (tertiary/aromatic N) is 2. The maximum absolute atomic E-state index is 12.4. The smallest absolute Gasteiger partial charge is 0.270 e. The molecule has 0 aliphatic rings. The highest BCUT2D eigenvalue weighted by Gasteiger charge is 2.18. The fraction of sp³-hybridized carbons (Fsp3) is 0.111. The maximum Gasteiger partial charge on any atom is 0.270 e. The number of nitro benzene ring substituents is 1. The third kappa shape index (κ3) is 4.83. The van der Waals surface area contributed by atoms with Crippen LogP contribution in [-0.4, -0.2) is 42.5 Å². The van der Waals surface area contributed by atoms with Gasteiger partial charge < -0.3 is 5.32 Å². The number of nitro groups is 1. The molecule has 3 rings (SSSR count). The Morgan fingerprint density at radius 3 is 2.59 bits per heavy atom. The molecule has 2 aromatic carbocycles. The van der Waals surface area contributed by atoms with E-state index in [0.29, 0.717) is 11.3 Å². The molecular formula is C18H17N5O5S. The van der Waals surface area contributed by atoms with Crippen molar-refractivity contribution in [3.8, 4) is 11.3 Å². The number of aromatic nitrogens is 2. The van der Waals surface area contributed by atoms with Gasteiger partial charge in [0.15, 0.2) is 0 Å². The van der Waals surface area contributed by atoms with E-state index in [-0.39, 0.29) is 23.7 Å². The number of hydrogen-bond acceptors (Lipinski definition) is 6. The number of benzene rings is 2. The van der Waals surface area contributed by atoms with E-state index in [4.69, 9.17) is 0 Å². The van der Waals surface area contributed by atoms with Gasteiger partial charge in [-0.3, -0.25) is 20.0 Å². The van der Waals surface area contributed by atoms with Crippen LogP contribution in [0.1, 0.15) is 10.4 Å². The van der Waals surface area contributed by atoms with Gasteiger partial charge in [0.2, 0.25) is 10.0 Å². The van der Waals surface area contributed by atoms with Crippen LogP contribution in [0.2, 0.25) is 0 Å². The van der Waals surface area contributed by atoms with Crippen LogP contribution >= 0.6 is 0 Å². The highest BCUT2D eigenvalue weighted by atomic mass is 32.2. The zero-order valence-electron chi connectivity index (χ0n) is 15.0. The molecule has 11 heteroatoms. The van der Waals surface area contributed by atoms with Crippen LogP contribution in [0.3, 0.4) is 0 Å². The van der Waals surface area contributed by atoms with Crippen LogP contribution in [0.4, 0.5) is 5.69 Å². The van der Waals surface area contributed by atoms with Gasteiger partial charge in [-0.15, -0.1) is 0 Å². The van der Waals surface area contributed by atoms with Crippen LogP contribution < -0.4 is 10.0 Å². The molecule has 10 nitrogen and oxygen atoms in total. The summed E-state index contributed by atoms with van der Waals surface area (Å²) in [4.78, 5) is 22.3. The summed E-state index contributed by atoms with van der Waals surface area (Å²) < 4.78 is 26.8. The van der Waals surface area contributed by atoms with Crippen molar-refractivity contribution >= 4 is 21.6 Å². The molecule has 0 unspecified atom stereocenters. The molecule has 0 radical (unpaired) electrons. The first-order valence-corrected chi connectivity index (χ1v) is 9.98. The highest BCUT2D eigenvalue weighted by Crippen LogP contribution is 2.20. The Morgan fingerprint density at radius 2 is 1.86 bits per heavy atom. The van der Waals surface area contributed by atoms with Gasteiger partial charge in [-0.1, -0.05) is 36.4 Å². The number of aromatic amines is 1. The first-order valence-electron chi connectivity index (χ1n) is 8.49. The predicted octanol–water partition coefficient (Wildman–Crippen LogP) is 1.69. The minimum atomic E-state index is -3.94. The van der Waals surface area contributed by atoms with Crippen molar-refractivity contribution in [2.45, 2.75) is 4.90 Å². The van der Waals surface area contributed by atoms with Gasteiger partial charge in [-0.2, -0.15) is 5.10 Å². The van der Waals surface area contributed by atoms with Crippen molar-refractivity contribution in [3.05, 3.63) is 76.5 Å². The Labute approximate surface area is 166 Å². The van der Waals surface area contributed by atoms with Crippen molar-refractivity contribution in [2.75, 3.05) is 13.1 Å². The summed E-state index contributed by atoms with van der Waals surface area (Å²) >= 11 is 0. The molecule has 1 amide bonds. The van der Waals surface area contributed by atoms with E-state index in [9.17, 15) is 23.3 Å². The van der Waals surface area contributed by atoms with Gasteiger partial charge in [0.25, 0.3) is 11.6 Å². The molecule has 3 aromatic rings. The number of carbonyl (C=O) groups is 1. The molecule has 0 fully saturated rings. The van der Waals surface area contributed by atoms with Gasteiger partial charge in [-0.25, -0.2) is 13.1 Å². The van der Waals surface area contributed by atoms with Crippen LogP contribution in [0, 0.1) is 10.1 Å². The molecule has 0 aliphatic carbocycles. The van der Waals surface area contributed by atoms with Gasteiger partial charge in [0, 0.05) is 30.8 Å². The lowest BCUT2D eigenvalue weighted by Gasteiger charge is -2.08. The minimum Gasteiger partial charge on any atom is -0.351 e. The third-order valence-electron chi connectivity index (χ3n) is 3.99. The lowest BCUT2D eigenvalue weighted by atomic mass is 10.1. The van der Waals surface area contributed by atoms with Gasteiger partial charge in [0.05, 0.1) is 27.3 Å². The highest BCUT2D eigenvalue weighted by molar-refractivity contribution is 7.89. The minimum absolute atomic E-state index is 0.0202. The molecular weight excluding hydrogens is 398 g/mol. The summed E-state index contributed by atoms with van der Waals surface area (Å²) in [5.74, 6) is -0.410. The second-order valence-electron chi connectivity index (χ2n) is 5.93. The number of amides is 1. The molecule has 0 bridgehead atoms. The average molecular weight is 415 g/mol. The lowest BCUT2D eigenvalue weighted by Crippen LogP contribution is -2.34. The Morgan fingerprint density at radius 1 is 1.10 bits per heavy atom. The summed E-state index contributed by atoms with van der Waals surface area (Å²) in [6.07, 6.45) is 1.39. The normalized spacial score (nSPS) is 11.2. The quantitative estimate of drug-likeness (QED) is 0.290. The number of nitrogens with one attached hydrogen (secondary N) is 3. The van der Waals surface area contributed by atoms with E-state index >= 15 is 0 Å². The Hall–Kier alpha value is -3.57. The first kappa shape index (κ1) is 20.2. The second-order valence-corrected chi connectivity index (χ2v) is 7.70. The molecule has 0 spiro atoms. The number of hydrogen-bond donors (Lipinski definition) is 3. The van der Waals surface area contributed by atoms with Crippen LogP contribution in [0.15, 0.2) is 65.7 Å². The SMILES string of the molecule is O=C(NCCNS(=O)(=O)c1cccc([N+](=O)[O-])c1)c1cn[nH]c1-c1ccccc1. The Balaban J connectivity index is 1.58. The second kappa shape index (κ2) is 8.63. The summed E-state index contributed by atoms with van der Waals surface area (Å²) in [5.41, 5.74) is 1.36. The average Bonchev–Trinajstić information content (AvgIpc) is 3.22. The van der Waals surface area contributed by atoms with Crippen LogP contribution in [-0.2, 0) is 10.0 Å². The third-order valence-corrected chi connectivity index (χ3v) is 5.45. The van der Waals surface area contributed by atoms with E-state index in [1.807, 2.05) is 30.3 Å². The van der Waals surface area contributed by atoms with Crippen molar-refractivity contribution in [1.82, 2.24) is 20.2 Å². The van der Waals surface area contributed by atoms with Gasteiger partial charge in [-0.05, 0) is 6.07 Å². The zero-order valence-corrected chi connectivity index (χ0v) is 15.8. The topological polar surface area (TPSA) is 147 Å². The Kier molecular flexibility index (Phi) is 6.00. The molecule has 1 heterocycles. The predicted molar refractivity (Wildman–Crippen MR) is 105 cm³/mol. The summed E-state index contributed by atoms with van der Waals surface area (Å²) in [6, 6.07) is 13.9. The van der Waals surface area contributed by atoms with Crippen molar-refractivity contribution < 1.29 is 18.1 Å². The fourth-order valence-electron chi connectivity index (χ4n) is 2.59. The van der Waals surface area contributed by atoms with E-state index in [1.54, 1.807) is 0 Å². The lowest BCUT2D eigenvalue weighted by molar-refractivity contribution is -0.385. The number of carbonyl (C=O) groups excluding carboxylic acids is 1. The summed E-state index contributed by atoms with van der Waals surface area (Å²) in [7, 11) is -3.94. The van der Waals surface area contributed by atoms with E-state index < -0.39 is 20.9 Å². The molecule has 0 atom stereocenters. The van der Waals surface area contributed by atoms with Crippen molar-refractivity contribution in [3.63, 3.8) is 0 Å². The van der Waals surface area contributed by atoms with Crippen LogP contribution in [0.25, 0.3) is 11.3 Å². The van der Waals surface area contributed by atoms with Crippen molar-refractivity contribution in [1.29, 1.82) is 0 Å². The van der Waals surface area contributed by atoms with E-state index in [2.05, 4.69) is 20.2 Å². The number of non-ortho nitro benzene ring substituents is 1. The maximum atomic E-state index is 12.4. The zero-order chi connectivity index (χ0) is 20.9. The molecule has 0 saturated heterocycles. The van der Waals surface area contributed by atoms with Gasteiger partial charge in [0.1, 0.15) is 0 Å². The molecule has 150 valence electrons. The van der Waals surface area contributed by atoms with Gasteiger partial charge >= 0.3 is 0 Å². The number of sulfonamides is 1. The number of H-pyrrole nitrogens is 1. The molecule has 0 saturated carbocycles. The monoisotopic (exact) mass is 415 g/mol. The summed E-state index contributed by atoms with van der Waals surface area (Å²) in [6.45, 7) is -0.0678.